The van der Waals surface area contributed by atoms with Gasteiger partial charge in [-0.3, -0.25) is 4.90 Å². The zero-order valence-corrected chi connectivity index (χ0v) is 16.8. The molecule has 1 saturated heterocycles. The fourth-order valence-electron chi connectivity index (χ4n) is 3.11. The molecule has 3 rings (SSSR count). The average Bonchev–Trinajstić information content (AvgIpc) is 2.72. The van der Waals surface area contributed by atoms with Gasteiger partial charge in [0.15, 0.2) is 0 Å². The molecule has 7 nitrogen and oxygen atoms in total. The van der Waals surface area contributed by atoms with Crippen molar-refractivity contribution >= 4 is 16.0 Å². The Kier molecular flexibility index (Phi) is 6.88. The van der Waals surface area contributed by atoms with E-state index < -0.39 is 32.5 Å². The number of hydrogen-bond donors (Lipinski definition) is 1. The Labute approximate surface area is 171 Å². The van der Waals surface area contributed by atoms with Crippen molar-refractivity contribution in [1.82, 2.24) is 19.6 Å². The molecule has 30 heavy (non-hydrogen) atoms. The Bertz CT molecular complexity index is 949. The van der Waals surface area contributed by atoms with Crippen molar-refractivity contribution in [3.05, 3.63) is 48.0 Å². The van der Waals surface area contributed by atoms with Gasteiger partial charge in [-0.2, -0.15) is 13.2 Å². The molecule has 1 aromatic carbocycles. The van der Waals surface area contributed by atoms with Crippen molar-refractivity contribution in [3.8, 4) is 0 Å². The van der Waals surface area contributed by atoms with Crippen LogP contribution >= 0.6 is 0 Å². The standard InChI is InChI=1S/C18H21F4N5O2S/c19-16-4-3-14(13-15(16)18(20,21)22)30(28,29)25-7-2-8-26-9-11-27(12-10-26)17-23-5-1-6-24-17/h1,3-6,13,25H,2,7-12H2. The number of nitrogens with one attached hydrogen (secondary N) is 1. The Morgan fingerprint density at radius 3 is 2.37 bits per heavy atom. The van der Waals surface area contributed by atoms with Gasteiger partial charge < -0.3 is 4.90 Å². The van der Waals surface area contributed by atoms with E-state index in [1.165, 1.54) is 0 Å². The van der Waals surface area contributed by atoms with E-state index in [9.17, 15) is 26.0 Å². The minimum Gasteiger partial charge on any atom is -0.338 e. The van der Waals surface area contributed by atoms with Crippen LogP contribution in [-0.4, -0.2) is 62.6 Å². The van der Waals surface area contributed by atoms with E-state index in [4.69, 9.17) is 0 Å². The summed E-state index contributed by atoms with van der Waals surface area (Å²) in [4.78, 5) is 12.0. The van der Waals surface area contributed by atoms with Crippen LogP contribution in [-0.2, 0) is 16.2 Å². The summed E-state index contributed by atoms with van der Waals surface area (Å²) in [5, 5.41) is 0. The second kappa shape index (κ2) is 9.23. The number of sulfonamides is 1. The van der Waals surface area contributed by atoms with Crippen molar-refractivity contribution in [2.24, 2.45) is 0 Å². The Morgan fingerprint density at radius 1 is 1.07 bits per heavy atom. The quantitative estimate of drug-likeness (QED) is 0.518. The second-order valence-electron chi connectivity index (χ2n) is 6.77. The first-order chi connectivity index (χ1) is 14.2. The van der Waals surface area contributed by atoms with Crippen LogP contribution in [0.15, 0.2) is 41.6 Å². The van der Waals surface area contributed by atoms with E-state index in [-0.39, 0.29) is 6.54 Å². The zero-order chi connectivity index (χ0) is 21.8. The molecule has 0 unspecified atom stereocenters. The van der Waals surface area contributed by atoms with Crippen molar-refractivity contribution in [1.29, 1.82) is 0 Å². The Morgan fingerprint density at radius 2 is 1.73 bits per heavy atom. The molecular formula is C18H21F4N5O2S. The molecule has 0 atom stereocenters. The lowest BCUT2D eigenvalue weighted by atomic mass is 10.2. The normalized spacial score (nSPS) is 16.1. The predicted octanol–water partition coefficient (Wildman–Crippen LogP) is 2.13. The first-order valence-corrected chi connectivity index (χ1v) is 10.8. The molecule has 1 aliphatic rings. The van der Waals surface area contributed by atoms with Crippen molar-refractivity contribution in [3.63, 3.8) is 0 Å². The van der Waals surface area contributed by atoms with Gasteiger partial charge in [0.05, 0.1) is 10.5 Å². The van der Waals surface area contributed by atoms with E-state index in [2.05, 4.69) is 24.5 Å². The van der Waals surface area contributed by atoms with Crippen molar-refractivity contribution in [2.45, 2.75) is 17.5 Å². The van der Waals surface area contributed by atoms with Crippen LogP contribution in [0.2, 0.25) is 0 Å². The van der Waals surface area contributed by atoms with Crippen molar-refractivity contribution < 1.29 is 26.0 Å². The van der Waals surface area contributed by atoms with E-state index in [1.807, 2.05) is 0 Å². The van der Waals surface area contributed by atoms with Gasteiger partial charge in [-0.1, -0.05) is 0 Å². The van der Waals surface area contributed by atoms with Gasteiger partial charge in [0.1, 0.15) is 5.82 Å². The molecule has 0 amide bonds. The van der Waals surface area contributed by atoms with Gasteiger partial charge in [0, 0.05) is 45.1 Å². The maximum absolute atomic E-state index is 13.4. The molecule has 1 aromatic heterocycles. The minimum absolute atomic E-state index is 0.0586. The van der Waals surface area contributed by atoms with E-state index in [0.29, 0.717) is 31.0 Å². The van der Waals surface area contributed by atoms with E-state index >= 15 is 0 Å². The summed E-state index contributed by atoms with van der Waals surface area (Å²) in [6, 6.07) is 3.38. The van der Waals surface area contributed by atoms with Gasteiger partial charge in [0.2, 0.25) is 16.0 Å². The number of rotatable bonds is 7. The highest BCUT2D eigenvalue weighted by Gasteiger charge is 2.35. The molecule has 0 aliphatic carbocycles. The summed E-state index contributed by atoms with van der Waals surface area (Å²) in [6.45, 7) is 3.69. The third-order valence-corrected chi connectivity index (χ3v) is 6.16. The monoisotopic (exact) mass is 447 g/mol. The fourth-order valence-corrected chi connectivity index (χ4v) is 4.21. The lowest BCUT2D eigenvalue weighted by molar-refractivity contribution is -0.140. The van der Waals surface area contributed by atoms with Crippen LogP contribution < -0.4 is 9.62 Å². The van der Waals surface area contributed by atoms with Crippen LogP contribution in [0.5, 0.6) is 0 Å². The molecule has 1 aliphatic heterocycles. The molecule has 2 aromatic rings. The maximum Gasteiger partial charge on any atom is 0.419 e. The van der Waals surface area contributed by atoms with Gasteiger partial charge >= 0.3 is 6.18 Å². The van der Waals surface area contributed by atoms with Crippen LogP contribution in [0.3, 0.4) is 0 Å². The molecule has 164 valence electrons. The van der Waals surface area contributed by atoms with Gasteiger partial charge in [-0.15, -0.1) is 0 Å². The fraction of sp³-hybridized carbons (Fsp3) is 0.444. The summed E-state index contributed by atoms with van der Waals surface area (Å²) in [7, 11) is -4.17. The predicted molar refractivity (Wildman–Crippen MR) is 102 cm³/mol. The van der Waals surface area contributed by atoms with Gasteiger partial charge in [-0.25, -0.2) is 27.5 Å². The number of benzene rings is 1. The minimum atomic E-state index is -4.97. The molecule has 1 fully saturated rings. The molecule has 0 saturated carbocycles. The van der Waals surface area contributed by atoms with Crippen LogP contribution in [0.4, 0.5) is 23.5 Å². The molecule has 0 spiro atoms. The smallest absolute Gasteiger partial charge is 0.338 e. The second-order valence-corrected chi connectivity index (χ2v) is 8.54. The largest absolute Gasteiger partial charge is 0.419 e. The van der Waals surface area contributed by atoms with Gasteiger partial charge in [0.25, 0.3) is 0 Å². The topological polar surface area (TPSA) is 78.4 Å². The van der Waals surface area contributed by atoms with E-state index in [0.717, 1.165) is 32.2 Å². The van der Waals surface area contributed by atoms with Crippen LogP contribution in [0.1, 0.15) is 12.0 Å². The third kappa shape index (κ3) is 5.64. The highest BCUT2D eigenvalue weighted by atomic mass is 32.2. The van der Waals surface area contributed by atoms with Crippen LogP contribution in [0, 0.1) is 5.82 Å². The number of aromatic nitrogens is 2. The van der Waals surface area contributed by atoms with Gasteiger partial charge in [-0.05, 0) is 37.2 Å². The number of anilines is 1. The Balaban J connectivity index is 1.46. The maximum atomic E-state index is 13.4. The molecule has 2 heterocycles. The molecule has 1 N–H and O–H groups in total. The SMILES string of the molecule is O=S(=O)(NCCCN1CCN(c2ncccn2)CC1)c1ccc(F)c(C(F)(F)F)c1. The number of halogens is 4. The summed E-state index contributed by atoms with van der Waals surface area (Å²) in [5.74, 6) is -0.844. The zero-order valence-electron chi connectivity index (χ0n) is 15.9. The number of hydrogen-bond acceptors (Lipinski definition) is 6. The summed E-state index contributed by atoms with van der Waals surface area (Å²) >= 11 is 0. The number of nitrogens with zero attached hydrogens (tertiary/aromatic N) is 4. The van der Waals surface area contributed by atoms with E-state index in [1.54, 1.807) is 18.5 Å². The first-order valence-electron chi connectivity index (χ1n) is 9.27. The highest BCUT2D eigenvalue weighted by molar-refractivity contribution is 7.89. The third-order valence-electron chi connectivity index (χ3n) is 4.70. The molecule has 0 bridgehead atoms. The molecular weight excluding hydrogens is 426 g/mol. The lowest BCUT2D eigenvalue weighted by Gasteiger charge is -2.34. The van der Waals surface area contributed by atoms with Crippen LogP contribution in [0.25, 0.3) is 0 Å². The summed E-state index contributed by atoms with van der Waals surface area (Å²) in [5.41, 5.74) is -1.61. The summed E-state index contributed by atoms with van der Waals surface area (Å²) < 4.78 is 78.5. The first kappa shape index (κ1) is 22.4. The highest BCUT2D eigenvalue weighted by Crippen LogP contribution is 2.32. The average molecular weight is 447 g/mol. The number of alkyl halides is 3. The molecule has 12 heteroatoms. The number of piperazine rings is 1. The van der Waals surface area contributed by atoms with Crippen molar-refractivity contribution in [2.75, 3.05) is 44.2 Å². The molecule has 0 radical (unpaired) electrons. The Hall–Kier alpha value is -2.31. The summed E-state index contributed by atoms with van der Waals surface area (Å²) in [6.07, 6.45) is -1.13. The lowest BCUT2D eigenvalue weighted by Crippen LogP contribution is -2.47.